The summed E-state index contributed by atoms with van der Waals surface area (Å²) in [6, 6.07) is 7.71. The Hall–Kier alpha value is -1.59. The zero-order valence-electron chi connectivity index (χ0n) is 11.7. The van der Waals surface area contributed by atoms with Crippen molar-refractivity contribution >= 4 is 11.7 Å². The summed E-state index contributed by atoms with van der Waals surface area (Å²) in [7, 11) is 0. The fraction of sp³-hybridized carbons (Fsp3) is 0.533. The van der Waals surface area contributed by atoms with E-state index in [1.807, 2.05) is 31.2 Å². The first-order chi connectivity index (χ1) is 9.67. The maximum absolute atomic E-state index is 12.3. The fourth-order valence-corrected chi connectivity index (χ4v) is 2.82. The molecule has 1 N–H and O–H groups in total. The number of hydrogen-bond donors (Lipinski definition) is 1. The largest absolute Gasteiger partial charge is 0.346 e. The van der Waals surface area contributed by atoms with E-state index in [0.29, 0.717) is 19.8 Å². The van der Waals surface area contributed by atoms with Crippen molar-refractivity contribution in [3.05, 3.63) is 29.8 Å². The lowest BCUT2D eigenvalue weighted by atomic mass is 10.1. The van der Waals surface area contributed by atoms with Crippen LogP contribution >= 0.6 is 0 Å². The lowest BCUT2D eigenvalue weighted by molar-refractivity contribution is -0.182. The van der Waals surface area contributed by atoms with Crippen molar-refractivity contribution in [2.24, 2.45) is 0 Å². The van der Waals surface area contributed by atoms with E-state index >= 15 is 0 Å². The zero-order valence-corrected chi connectivity index (χ0v) is 11.7. The third kappa shape index (κ3) is 2.78. The number of nitrogens with one attached hydrogen (secondary N) is 1. The van der Waals surface area contributed by atoms with E-state index in [0.717, 1.165) is 30.6 Å². The molecule has 0 bridgehead atoms. The summed E-state index contributed by atoms with van der Waals surface area (Å²) in [4.78, 5) is 14.1. The van der Waals surface area contributed by atoms with E-state index < -0.39 is 5.79 Å². The molecular formula is C15H20N2O3. The second kappa shape index (κ2) is 5.42. The van der Waals surface area contributed by atoms with Gasteiger partial charge in [-0.15, -0.1) is 0 Å². The highest BCUT2D eigenvalue weighted by atomic mass is 16.7. The summed E-state index contributed by atoms with van der Waals surface area (Å²) in [6.45, 7) is 4.49. The number of piperidine rings is 1. The monoisotopic (exact) mass is 276 g/mol. The molecule has 2 heterocycles. The van der Waals surface area contributed by atoms with Gasteiger partial charge in [0.2, 0.25) is 0 Å². The summed E-state index contributed by atoms with van der Waals surface area (Å²) in [5.74, 6) is -0.567. The minimum absolute atomic E-state index is 0.0891. The Morgan fingerprint density at radius 3 is 2.90 bits per heavy atom. The van der Waals surface area contributed by atoms with Gasteiger partial charge in [0.05, 0.1) is 19.8 Å². The molecule has 5 nitrogen and oxygen atoms in total. The van der Waals surface area contributed by atoms with Crippen LogP contribution in [0.25, 0.3) is 0 Å². The molecule has 2 aliphatic heterocycles. The topological polar surface area (TPSA) is 50.8 Å². The minimum Gasteiger partial charge on any atom is -0.346 e. The molecular weight excluding hydrogens is 256 g/mol. The minimum atomic E-state index is -0.567. The third-order valence-corrected chi connectivity index (χ3v) is 3.79. The molecule has 2 saturated heterocycles. The summed E-state index contributed by atoms with van der Waals surface area (Å²) < 4.78 is 11.4. The molecule has 2 fully saturated rings. The molecule has 0 unspecified atom stereocenters. The highest BCUT2D eigenvalue weighted by Crippen LogP contribution is 2.30. The molecule has 108 valence electrons. The number of amides is 2. The number of aryl methyl sites for hydroxylation is 1. The van der Waals surface area contributed by atoms with Crippen LogP contribution in [0, 0.1) is 6.92 Å². The van der Waals surface area contributed by atoms with Gasteiger partial charge in [-0.25, -0.2) is 4.79 Å². The van der Waals surface area contributed by atoms with Gasteiger partial charge in [0.15, 0.2) is 5.79 Å². The number of ether oxygens (including phenoxy) is 2. The number of nitrogens with zero attached hydrogens (tertiary/aromatic N) is 1. The Morgan fingerprint density at radius 1 is 1.35 bits per heavy atom. The van der Waals surface area contributed by atoms with Gasteiger partial charge in [-0.1, -0.05) is 12.1 Å². The van der Waals surface area contributed by atoms with E-state index in [1.54, 1.807) is 4.90 Å². The van der Waals surface area contributed by atoms with Crippen molar-refractivity contribution in [3.63, 3.8) is 0 Å². The molecule has 3 rings (SSSR count). The second-order valence-corrected chi connectivity index (χ2v) is 5.43. The average molecular weight is 276 g/mol. The van der Waals surface area contributed by atoms with Crippen molar-refractivity contribution in [3.8, 4) is 0 Å². The molecule has 1 aromatic rings. The van der Waals surface area contributed by atoms with Crippen LogP contribution in [-0.2, 0) is 9.47 Å². The number of likely N-dealkylation sites (tertiary alicyclic amines) is 1. The van der Waals surface area contributed by atoms with Gasteiger partial charge in [0.25, 0.3) is 0 Å². The molecule has 5 heteroatoms. The quantitative estimate of drug-likeness (QED) is 0.856. The number of benzene rings is 1. The van der Waals surface area contributed by atoms with Crippen molar-refractivity contribution in [2.75, 3.05) is 31.6 Å². The van der Waals surface area contributed by atoms with E-state index in [2.05, 4.69) is 5.32 Å². The molecule has 1 aromatic carbocycles. The maximum atomic E-state index is 12.3. The van der Waals surface area contributed by atoms with Crippen LogP contribution in [0.4, 0.5) is 10.5 Å². The van der Waals surface area contributed by atoms with E-state index in [-0.39, 0.29) is 6.03 Å². The number of carbonyl (C=O) groups excluding carboxylic acids is 1. The first kappa shape index (κ1) is 13.4. The van der Waals surface area contributed by atoms with Crippen LogP contribution < -0.4 is 5.32 Å². The Labute approximate surface area is 118 Å². The molecule has 0 aliphatic carbocycles. The summed E-state index contributed by atoms with van der Waals surface area (Å²) >= 11 is 0. The Bertz CT molecular complexity index is 498. The number of rotatable bonds is 1. The molecule has 0 atom stereocenters. The van der Waals surface area contributed by atoms with Crippen molar-refractivity contribution < 1.29 is 14.3 Å². The number of hydrogen-bond acceptors (Lipinski definition) is 3. The van der Waals surface area contributed by atoms with Gasteiger partial charge in [-0.3, -0.25) is 0 Å². The number of urea groups is 1. The van der Waals surface area contributed by atoms with Gasteiger partial charge in [-0.2, -0.15) is 0 Å². The van der Waals surface area contributed by atoms with Crippen molar-refractivity contribution in [1.29, 1.82) is 0 Å². The molecule has 2 amide bonds. The van der Waals surface area contributed by atoms with Crippen LogP contribution in [0.15, 0.2) is 24.3 Å². The Balaban J connectivity index is 1.65. The predicted octanol–water partition coefficient (Wildman–Crippen LogP) is 2.37. The Kier molecular flexibility index (Phi) is 3.63. The van der Waals surface area contributed by atoms with Crippen LogP contribution in [0.3, 0.4) is 0 Å². The summed E-state index contributed by atoms with van der Waals surface area (Å²) in [6.07, 6.45) is 1.77. The zero-order chi connectivity index (χ0) is 14.0. The standard InChI is InChI=1S/C15H20N2O3/c1-12-4-2-5-13(10-12)16-14(18)17-7-3-6-15(11-17)19-8-9-20-15/h2,4-5,10H,3,6-9,11H2,1H3,(H,16,18). The predicted molar refractivity (Wildman–Crippen MR) is 75.6 cm³/mol. The van der Waals surface area contributed by atoms with Crippen molar-refractivity contribution in [1.82, 2.24) is 4.90 Å². The lowest BCUT2D eigenvalue weighted by Gasteiger charge is -2.38. The molecule has 0 aromatic heterocycles. The first-order valence-corrected chi connectivity index (χ1v) is 7.07. The van der Waals surface area contributed by atoms with Crippen LogP contribution in [0.1, 0.15) is 18.4 Å². The lowest BCUT2D eigenvalue weighted by Crippen LogP contribution is -2.52. The van der Waals surface area contributed by atoms with Gasteiger partial charge in [0.1, 0.15) is 0 Å². The van der Waals surface area contributed by atoms with Crippen LogP contribution in [0.5, 0.6) is 0 Å². The average Bonchev–Trinajstić information content (AvgIpc) is 2.87. The van der Waals surface area contributed by atoms with Crippen LogP contribution in [0.2, 0.25) is 0 Å². The SMILES string of the molecule is Cc1cccc(NC(=O)N2CCCC3(C2)OCCO3)c1. The highest BCUT2D eigenvalue weighted by Gasteiger charge is 2.42. The van der Waals surface area contributed by atoms with Gasteiger partial charge >= 0.3 is 6.03 Å². The molecule has 0 saturated carbocycles. The van der Waals surface area contributed by atoms with Gasteiger partial charge < -0.3 is 19.7 Å². The molecule has 1 spiro atoms. The normalized spacial score (nSPS) is 21.1. The highest BCUT2D eigenvalue weighted by molar-refractivity contribution is 5.89. The molecule has 0 radical (unpaired) electrons. The number of anilines is 1. The fourth-order valence-electron chi connectivity index (χ4n) is 2.82. The van der Waals surface area contributed by atoms with E-state index in [9.17, 15) is 4.79 Å². The molecule has 20 heavy (non-hydrogen) atoms. The first-order valence-electron chi connectivity index (χ1n) is 7.07. The number of carbonyl (C=O) groups is 1. The second-order valence-electron chi connectivity index (χ2n) is 5.43. The Morgan fingerprint density at radius 2 is 2.15 bits per heavy atom. The van der Waals surface area contributed by atoms with Gasteiger partial charge in [-0.05, 0) is 31.0 Å². The van der Waals surface area contributed by atoms with E-state index in [4.69, 9.17) is 9.47 Å². The summed E-state index contributed by atoms with van der Waals surface area (Å²) in [5, 5.41) is 2.93. The smallest absolute Gasteiger partial charge is 0.322 e. The van der Waals surface area contributed by atoms with E-state index in [1.165, 1.54) is 0 Å². The van der Waals surface area contributed by atoms with Gasteiger partial charge in [0, 0.05) is 18.7 Å². The summed E-state index contributed by atoms with van der Waals surface area (Å²) in [5.41, 5.74) is 1.95. The van der Waals surface area contributed by atoms with Crippen molar-refractivity contribution in [2.45, 2.75) is 25.6 Å². The molecule has 2 aliphatic rings. The third-order valence-electron chi connectivity index (χ3n) is 3.79. The van der Waals surface area contributed by atoms with Crippen LogP contribution in [-0.4, -0.2) is 43.0 Å². The maximum Gasteiger partial charge on any atom is 0.322 e.